The van der Waals surface area contributed by atoms with E-state index in [-0.39, 0.29) is 5.91 Å². The maximum atomic E-state index is 11.6. The summed E-state index contributed by atoms with van der Waals surface area (Å²) in [6.07, 6.45) is 3.75. The van der Waals surface area contributed by atoms with Crippen LogP contribution in [0.3, 0.4) is 0 Å². The van der Waals surface area contributed by atoms with Crippen LogP contribution < -0.4 is 9.64 Å². The Morgan fingerprint density at radius 2 is 1.97 bits per heavy atom. The summed E-state index contributed by atoms with van der Waals surface area (Å²) in [5.41, 5.74) is 4.81. The average Bonchev–Trinajstić information content (AvgIpc) is 3.21. The number of amides is 1. The van der Waals surface area contributed by atoms with Crippen LogP contribution in [0.4, 0.5) is 5.95 Å². The van der Waals surface area contributed by atoms with Crippen LogP contribution in [0, 0.1) is 0 Å². The van der Waals surface area contributed by atoms with Gasteiger partial charge in [0.25, 0.3) is 0 Å². The summed E-state index contributed by atoms with van der Waals surface area (Å²) in [5, 5.41) is 0. The third-order valence-electron chi connectivity index (χ3n) is 6.19. The zero-order valence-corrected chi connectivity index (χ0v) is 16.9. The Bertz CT molecular complexity index is 923. The van der Waals surface area contributed by atoms with Gasteiger partial charge < -0.3 is 14.5 Å². The van der Waals surface area contributed by atoms with E-state index in [9.17, 15) is 4.79 Å². The van der Waals surface area contributed by atoms with Crippen molar-refractivity contribution in [2.24, 2.45) is 0 Å². The molecule has 2 aromatic rings. The summed E-state index contributed by atoms with van der Waals surface area (Å²) in [6, 6.07) is 6.64. The van der Waals surface area contributed by atoms with Crippen LogP contribution in [0.15, 0.2) is 24.4 Å². The van der Waals surface area contributed by atoms with E-state index in [1.807, 2.05) is 11.1 Å². The molecule has 0 atom stereocenters. The van der Waals surface area contributed by atoms with E-state index in [0.29, 0.717) is 6.54 Å². The van der Waals surface area contributed by atoms with Gasteiger partial charge in [0.1, 0.15) is 5.75 Å². The fraction of sp³-hybridized carbons (Fsp3) is 0.500. The van der Waals surface area contributed by atoms with Crippen molar-refractivity contribution in [1.82, 2.24) is 19.8 Å². The predicted molar refractivity (Wildman–Crippen MR) is 110 cm³/mol. The largest absolute Gasteiger partial charge is 0.493 e. The van der Waals surface area contributed by atoms with Gasteiger partial charge in [-0.05, 0) is 17.2 Å². The van der Waals surface area contributed by atoms with Crippen LogP contribution in [-0.4, -0.2) is 65.0 Å². The highest BCUT2D eigenvalue weighted by atomic mass is 16.5. The molecule has 0 spiro atoms. The fourth-order valence-electron chi connectivity index (χ4n) is 4.40. The number of benzene rings is 1. The van der Waals surface area contributed by atoms with Crippen molar-refractivity contribution in [2.45, 2.75) is 32.9 Å². The first-order valence-electron chi connectivity index (χ1n) is 10.5. The van der Waals surface area contributed by atoms with E-state index in [0.717, 1.165) is 81.7 Å². The molecule has 3 aliphatic heterocycles. The molecule has 0 saturated carbocycles. The minimum absolute atomic E-state index is 0.116. The van der Waals surface area contributed by atoms with Crippen molar-refractivity contribution in [3.63, 3.8) is 0 Å². The van der Waals surface area contributed by atoms with E-state index in [2.05, 4.69) is 33.0 Å². The smallest absolute Gasteiger partial charge is 0.225 e. The third kappa shape index (κ3) is 3.79. The molecule has 4 heterocycles. The number of anilines is 1. The van der Waals surface area contributed by atoms with Crippen molar-refractivity contribution in [2.75, 3.05) is 44.2 Å². The summed E-state index contributed by atoms with van der Waals surface area (Å²) in [5.74, 6) is 2.00. The Morgan fingerprint density at radius 1 is 1.10 bits per heavy atom. The highest BCUT2D eigenvalue weighted by Crippen LogP contribution is 2.27. The van der Waals surface area contributed by atoms with Crippen LogP contribution >= 0.6 is 0 Å². The van der Waals surface area contributed by atoms with Crippen LogP contribution in [0.2, 0.25) is 0 Å². The molecular formula is C22H27N5O2. The fourth-order valence-corrected chi connectivity index (χ4v) is 4.40. The van der Waals surface area contributed by atoms with Crippen LogP contribution in [0.5, 0.6) is 5.75 Å². The second-order valence-corrected chi connectivity index (χ2v) is 8.14. The first-order valence-corrected chi connectivity index (χ1v) is 10.5. The van der Waals surface area contributed by atoms with Gasteiger partial charge >= 0.3 is 0 Å². The van der Waals surface area contributed by atoms with Gasteiger partial charge in [0.15, 0.2) is 0 Å². The Kier molecular flexibility index (Phi) is 4.83. The molecule has 0 bridgehead atoms. The van der Waals surface area contributed by atoms with Gasteiger partial charge in [-0.2, -0.15) is 0 Å². The van der Waals surface area contributed by atoms with Crippen LogP contribution in [0.25, 0.3) is 0 Å². The monoisotopic (exact) mass is 393 g/mol. The summed E-state index contributed by atoms with van der Waals surface area (Å²) >= 11 is 0. The highest BCUT2D eigenvalue weighted by molar-refractivity contribution is 5.73. The second-order valence-electron chi connectivity index (χ2n) is 8.14. The first-order chi connectivity index (χ1) is 14.2. The van der Waals surface area contributed by atoms with Crippen LogP contribution in [-0.2, 0) is 30.7 Å². The molecular weight excluding hydrogens is 366 g/mol. The molecule has 1 aromatic carbocycles. The molecule has 7 nitrogen and oxygen atoms in total. The summed E-state index contributed by atoms with van der Waals surface area (Å²) in [7, 11) is 0. The lowest BCUT2D eigenvalue weighted by Crippen LogP contribution is -2.46. The summed E-state index contributed by atoms with van der Waals surface area (Å²) in [4.78, 5) is 27.6. The van der Waals surface area contributed by atoms with E-state index in [4.69, 9.17) is 9.72 Å². The van der Waals surface area contributed by atoms with Crippen molar-refractivity contribution >= 4 is 11.9 Å². The normalized spacial score (nSPS) is 18.9. The quantitative estimate of drug-likeness (QED) is 0.790. The summed E-state index contributed by atoms with van der Waals surface area (Å²) < 4.78 is 5.70. The number of fused-ring (bicyclic) bond motifs is 2. The van der Waals surface area contributed by atoms with Crippen molar-refractivity contribution in [3.05, 3.63) is 46.8 Å². The second kappa shape index (κ2) is 7.63. The molecule has 1 aromatic heterocycles. The number of hydrogen-bond donors (Lipinski definition) is 0. The maximum Gasteiger partial charge on any atom is 0.225 e. The number of hydrogen-bond acceptors (Lipinski definition) is 6. The molecule has 152 valence electrons. The van der Waals surface area contributed by atoms with E-state index >= 15 is 0 Å². The topological polar surface area (TPSA) is 61.8 Å². The maximum absolute atomic E-state index is 11.6. The van der Waals surface area contributed by atoms with Gasteiger partial charge in [-0.1, -0.05) is 12.1 Å². The third-order valence-corrected chi connectivity index (χ3v) is 6.19. The predicted octanol–water partition coefficient (Wildman–Crippen LogP) is 1.64. The Labute approximate surface area is 171 Å². The zero-order valence-electron chi connectivity index (χ0n) is 16.9. The molecule has 5 rings (SSSR count). The number of aromatic nitrogens is 2. The minimum atomic E-state index is 0.116. The highest BCUT2D eigenvalue weighted by Gasteiger charge is 2.24. The Hall–Kier alpha value is -2.67. The number of carbonyl (C=O) groups is 1. The molecule has 1 saturated heterocycles. The average molecular weight is 393 g/mol. The molecule has 3 aliphatic rings. The molecule has 0 N–H and O–H groups in total. The Morgan fingerprint density at radius 3 is 2.79 bits per heavy atom. The molecule has 0 aliphatic carbocycles. The minimum Gasteiger partial charge on any atom is -0.493 e. The lowest BCUT2D eigenvalue weighted by Gasteiger charge is -2.35. The van der Waals surface area contributed by atoms with Gasteiger partial charge in [0.05, 0.1) is 12.3 Å². The zero-order chi connectivity index (χ0) is 19.8. The Balaban J connectivity index is 1.19. The molecule has 7 heteroatoms. The summed E-state index contributed by atoms with van der Waals surface area (Å²) in [6.45, 7) is 8.61. The standard InChI is InChI=1S/C22H27N5O2/c1-16(28)27-6-4-20-19(15-27)13-23-22(24-20)26-9-7-25(8-10-26)14-17-2-3-18-5-11-29-21(18)12-17/h2-3,12-13H,4-11,14-15H2,1H3. The molecule has 1 amide bonds. The van der Waals surface area contributed by atoms with Gasteiger partial charge in [0, 0.05) is 77.3 Å². The van der Waals surface area contributed by atoms with E-state index in [1.165, 1.54) is 11.1 Å². The van der Waals surface area contributed by atoms with Crippen molar-refractivity contribution < 1.29 is 9.53 Å². The number of piperazine rings is 1. The van der Waals surface area contributed by atoms with Crippen LogP contribution in [0.1, 0.15) is 29.3 Å². The van der Waals surface area contributed by atoms with E-state index < -0.39 is 0 Å². The van der Waals surface area contributed by atoms with E-state index in [1.54, 1.807) is 6.92 Å². The molecule has 0 radical (unpaired) electrons. The lowest BCUT2D eigenvalue weighted by molar-refractivity contribution is -0.129. The van der Waals surface area contributed by atoms with Crippen molar-refractivity contribution in [3.8, 4) is 5.75 Å². The number of carbonyl (C=O) groups excluding carboxylic acids is 1. The molecule has 0 unspecified atom stereocenters. The van der Waals surface area contributed by atoms with Gasteiger partial charge in [-0.15, -0.1) is 0 Å². The molecule has 1 fully saturated rings. The number of rotatable bonds is 3. The van der Waals surface area contributed by atoms with Crippen molar-refractivity contribution in [1.29, 1.82) is 0 Å². The first kappa shape index (κ1) is 18.4. The SMILES string of the molecule is CC(=O)N1CCc2nc(N3CCN(Cc4ccc5c(c4)OCC5)CC3)ncc2C1. The lowest BCUT2D eigenvalue weighted by atomic mass is 10.1. The number of ether oxygens (including phenoxy) is 1. The van der Waals surface area contributed by atoms with Gasteiger partial charge in [-0.3, -0.25) is 9.69 Å². The van der Waals surface area contributed by atoms with Gasteiger partial charge in [-0.25, -0.2) is 9.97 Å². The molecule has 29 heavy (non-hydrogen) atoms. The number of nitrogens with zero attached hydrogens (tertiary/aromatic N) is 5. The van der Waals surface area contributed by atoms with Gasteiger partial charge in [0.2, 0.25) is 11.9 Å².